The van der Waals surface area contributed by atoms with Crippen LogP contribution in [-0.2, 0) is 28.6 Å². The van der Waals surface area contributed by atoms with Gasteiger partial charge in [-0.05, 0) is 87.8 Å². The van der Waals surface area contributed by atoms with Crippen molar-refractivity contribution in [2.45, 2.75) is 82.2 Å². The van der Waals surface area contributed by atoms with E-state index < -0.39 is 28.9 Å². The first-order valence-corrected chi connectivity index (χ1v) is 11.8. The monoisotopic (exact) mass is 493 g/mol. The number of amides is 1. The first-order valence-electron chi connectivity index (χ1n) is 11.8. The van der Waals surface area contributed by atoms with Gasteiger partial charge in [-0.2, -0.15) is 13.2 Å². The van der Waals surface area contributed by atoms with E-state index in [4.69, 9.17) is 4.74 Å². The topological polar surface area (TPSA) is 49.8 Å². The number of ether oxygens (including phenoxy) is 1. The van der Waals surface area contributed by atoms with Gasteiger partial charge in [0, 0.05) is 18.0 Å². The lowest BCUT2D eigenvalue weighted by Crippen LogP contribution is -2.50. The van der Waals surface area contributed by atoms with Crippen molar-refractivity contribution in [1.82, 2.24) is 4.90 Å². The molecule has 1 fully saturated rings. The average molecular weight is 494 g/mol. The summed E-state index contributed by atoms with van der Waals surface area (Å²) in [6.45, 7) is 6.61. The van der Waals surface area contributed by atoms with E-state index in [0.29, 0.717) is 32.2 Å². The zero-order valence-corrected chi connectivity index (χ0v) is 20.4. The standard InChI is InChI=1S/C27H31F4NO3/c1-24(2,3)35-23(33)32-14-13-26(16-17-5-9-20(28)10-6-17)21-11-8-19(25(4,34)27(29,30)31)15-18(21)7-12-22(26)32/h5-6,8-11,15,22,34H,7,12-14,16H2,1-4H3/t22-,25?,26-/m1/s1. The molecule has 190 valence electrons. The van der Waals surface area contributed by atoms with Crippen molar-refractivity contribution in [2.24, 2.45) is 0 Å². The van der Waals surface area contributed by atoms with E-state index in [1.54, 1.807) is 43.9 Å². The van der Waals surface area contributed by atoms with Crippen molar-refractivity contribution in [3.8, 4) is 0 Å². The zero-order chi connectivity index (χ0) is 25.8. The third-order valence-electron chi connectivity index (χ3n) is 7.32. The third kappa shape index (κ3) is 4.65. The smallest absolute Gasteiger partial charge is 0.421 e. The van der Waals surface area contributed by atoms with Crippen molar-refractivity contribution in [2.75, 3.05) is 6.54 Å². The lowest BCUT2D eigenvalue weighted by atomic mass is 9.63. The van der Waals surface area contributed by atoms with E-state index in [2.05, 4.69) is 0 Å². The van der Waals surface area contributed by atoms with Gasteiger partial charge < -0.3 is 14.7 Å². The minimum absolute atomic E-state index is 0.207. The van der Waals surface area contributed by atoms with E-state index >= 15 is 0 Å². The van der Waals surface area contributed by atoms with Crippen molar-refractivity contribution in [1.29, 1.82) is 0 Å². The van der Waals surface area contributed by atoms with E-state index in [9.17, 15) is 27.5 Å². The molecule has 2 aromatic carbocycles. The van der Waals surface area contributed by atoms with Crippen LogP contribution in [0.25, 0.3) is 0 Å². The van der Waals surface area contributed by atoms with Gasteiger partial charge in [0.05, 0.1) is 0 Å². The fraction of sp³-hybridized carbons (Fsp3) is 0.519. The number of nitrogens with zero attached hydrogens (tertiary/aromatic N) is 1. The van der Waals surface area contributed by atoms with Crippen molar-refractivity contribution in [3.63, 3.8) is 0 Å². The maximum Gasteiger partial charge on any atom is 0.421 e. The summed E-state index contributed by atoms with van der Waals surface area (Å²) in [6, 6.07) is 10.4. The van der Waals surface area contributed by atoms with Crippen LogP contribution < -0.4 is 0 Å². The van der Waals surface area contributed by atoms with E-state index in [1.165, 1.54) is 24.3 Å². The Morgan fingerprint density at radius 3 is 2.37 bits per heavy atom. The second-order valence-corrected chi connectivity index (χ2v) is 10.9. The Hall–Kier alpha value is -2.61. The van der Waals surface area contributed by atoms with Gasteiger partial charge in [0.2, 0.25) is 0 Å². The Morgan fingerprint density at radius 1 is 1.11 bits per heavy atom. The predicted molar refractivity (Wildman–Crippen MR) is 124 cm³/mol. The highest BCUT2D eigenvalue weighted by Crippen LogP contribution is 2.50. The number of aryl methyl sites for hydroxylation is 1. The van der Waals surface area contributed by atoms with Crippen LogP contribution in [0.5, 0.6) is 0 Å². The number of likely N-dealkylation sites (tertiary alicyclic amines) is 1. The Labute approximate surface area is 202 Å². The molecule has 1 amide bonds. The number of fused-ring (bicyclic) bond motifs is 3. The second-order valence-electron chi connectivity index (χ2n) is 10.9. The van der Waals surface area contributed by atoms with Gasteiger partial charge in [-0.3, -0.25) is 0 Å². The first kappa shape index (κ1) is 25.5. The fourth-order valence-corrected chi connectivity index (χ4v) is 5.54. The lowest BCUT2D eigenvalue weighted by molar-refractivity contribution is -0.258. The van der Waals surface area contributed by atoms with Crippen molar-refractivity contribution in [3.05, 3.63) is 70.5 Å². The summed E-state index contributed by atoms with van der Waals surface area (Å²) in [4.78, 5) is 14.8. The molecule has 0 spiro atoms. The molecule has 0 bridgehead atoms. The van der Waals surface area contributed by atoms with E-state index in [0.717, 1.165) is 23.6 Å². The highest BCUT2D eigenvalue weighted by Gasteiger charge is 2.55. The number of benzene rings is 2. The molecular formula is C27H31F4NO3. The molecule has 0 saturated carbocycles. The predicted octanol–water partition coefficient (Wildman–Crippen LogP) is 6.03. The molecular weight excluding hydrogens is 462 g/mol. The summed E-state index contributed by atoms with van der Waals surface area (Å²) >= 11 is 0. The number of carbonyl (C=O) groups excluding carboxylic acids is 1. The molecule has 1 unspecified atom stereocenters. The van der Waals surface area contributed by atoms with Crippen LogP contribution in [0, 0.1) is 5.82 Å². The molecule has 1 aliphatic heterocycles. The number of halogens is 4. The molecule has 2 aliphatic rings. The van der Waals surface area contributed by atoms with Crippen LogP contribution in [-0.4, -0.2) is 40.5 Å². The van der Waals surface area contributed by atoms with Gasteiger partial charge in [0.15, 0.2) is 5.60 Å². The first-order chi connectivity index (χ1) is 16.1. The number of hydrogen-bond acceptors (Lipinski definition) is 3. The minimum atomic E-state index is -4.81. The number of alkyl halides is 3. The van der Waals surface area contributed by atoms with Crippen molar-refractivity contribution < 1.29 is 32.2 Å². The van der Waals surface area contributed by atoms with Gasteiger partial charge in [-0.15, -0.1) is 0 Å². The quantitative estimate of drug-likeness (QED) is 0.531. The summed E-state index contributed by atoms with van der Waals surface area (Å²) in [5, 5.41) is 10.2. The van der Waals surface area contributed by atoms with Gasteiger partial charge in [0.25, 0.3) is 0 Å². The van der Waals surface area contributed by atoms with Crippen LogP contribution in [0.2, 0.25) is 0 Å². The molecule has 4 nitrogen and oxygen atoms in total. The third-order valence-corrected chi connectivity index (χ3v) is 7.32. The molecule has 1 N–H and O–H groups in total. The van der Waals surface area contributed by atoms with Crippen LogP contribution in [0.1, 0.15) is 62.8 Å². The Bertz CT molecular complexity index is 1100. The summed E-state index contributed by atoms with van der Waals surface area (Å²) in [6.07, 6.45) is -3.12. The van der Waals surface area contributed by atoms with Crippen LogP contribution in [0.4, 0.5) is 22.4 Å². The molecule has 1 heterocycles. The summed E-state index contributed by atoms with van der Waals surface area (Å²) in [5.74, 6) is -0.354. The molecule has 4 rings (SSSR count). The van der Waals surface area contributed by atoms with Crippen LogP contribution in [0.3, 0.4) is 0 Å². The van der Waals surface area contributed by atoms with Crippen LogP contribution in [0.15, 0.2) is 42.5 Å². The van der Waals surface area contributed by atoms with E-state index in [-0.39, 0.29) is 17.4 Å². The van der Waals surface area contributed by atoms with Gasteiger partial charge in [-0.25, -0.2) is 9.18 Å². The van der Waals surface area contributed by atoms with E-state index in [1.807, 2.05) is 0 Å². The fourth-order valence-electron chi connectivity index (χ4n) is 5.54. The summed E-state index contributed by atoms with van der Waals surface area (Å²) in [5.41, 5.74) is -1.93. The Morgan fingerprint density at radius 2 is 1.77 bits per heavy atom. The minimum Gasteiger partial charge on any atom is -0.444 e. The van der Waals surface area contributed by atoms with Gasteiger partial charge >= 0.3 is 12.3 Å². The molecule has 2 aromatic rings. The highest BCUT2D eigenvalue weighted by atomic mass is 19.4. The largest absolute Gasteiger partial charge is 0.444 e. The molecule has 35 heavy (non-hydrogen) atoms. The summed E-state index contributed by atoms with van der Waals surface area (Å²) < 4.78 is 59.7. The average Bonchev–Trinajstić information content (AvgIpc) is 3.12. The maximum atomic E-state index is 13.6. The normalized spacial score (nSPS) is 23.9. The highest BCUT2D eigenvalue weighted by molar-refractivity contribution is 5.70. The number of aliphatic hydroxyl groups is 1. The number of rotatable bonds is 3. The number of hydrogen-bond donors (Lipinski definition) is 1. The Balaban J connectivity index is 1.78. The molecule has 1 saturated heterocycles. The second kappa shape index (κ2) is 8.50. The summed E-state index contributed by atoms with van der Waals surface area (Å²) in [7, 11) is 0. The maximum absolute atomic E-state index is 13.6. The Kier molecular flexibility index (Phi) is 6.19. The SMILES string of the molecule is CC(C)(C)OC(=O)N1CC[C@@]2(Cc3ccc(F)cc3)c3ccc(C(C)(O)C(F)(F)F)cc3CC[C@@H]12. The molecule has 0 aromatic heterocycles. The van der Waals surface area contributed by atoms with Crippen molar-refractivity contribution >= 4 is 6.09 Å². The molecule has 0 radical (unpaired) electrons. The van der Waals surface area contributed by atoms with Crippen LogP contribution >= 0.6 is 0 Å². The molecule has 3 atom stereocenters. The number of carbonyl (C=O) groups is 1. The zero-order valence-electron chi connectivity index (χ0n) is 20.4. The lowest BCUT2D eigenvalue weighted by Gasteiger charge is -2.44. The van der Waals surface area contributed by atoms with Gasteiger partial charge in [-0.1, -0.05) is 30.3 Å². The molecule has 1 aliphatic carbocycles. The van der Waals surface area contributed by atoms with Gasteiger partial charge in [0.1, 0.15) is 11.4 Å². The molecule has 8 heteroatoms.